The maximum atomic E-state index is 9.84. The lowest BCUT2D eigenvalue weighted by Crippen LogP contribution is -2.04. The van der Waals surface area contributed by atoms with Crippen molar-refractivity contribution in [1.82, 2.24) is 4.57 Å². The van der Waals surface area contributed by atoms with Gasteiger partial charge in [0, 0.05) is 28.2 Å². The largest absolute Gasteiger partial charge is 0.489 e. The molecule has 0 bridgehead atoms. The van der Waals surface area contributed by atoms with Gasteiger partial charge in [0.05, 0.1) is 12.1 Å². The number of aliphatic hydroxyl groups is 1. The van der Waals surface area contributed by atoms with Gasteiger partial charge in [-0.2, -0.15) is 0 Å². The number of rotatable bonds is 6. The Morgan fingerprint density at radius 2 is 1.52 bits per heavy atom. The predicted molar refractivity (Wildman–Crippen MR) is 112 cm³/mol. The SMILES string of the molecule is OCc1cc2c(Br)cc(OCc3ccccc3)cc2n1Cc1ccccc1. The number of benzene rings is 3. The Morgan fingerprint density at radius 3 is 2.19 bits per heavy atom. The van der Waals surface area contributed by atoms with Gasteiger partial charge in [0.1, 0.15) is 12.4 Å². The summed E-state index contributed by atoms with van der Waals surface area (Å²) in [5, 5.41) is 10.9. The summed E-state index contributed by atoms with van der Waals surface area (Å²) in [5.74, 6) is 0.801. The maximum absolute atomic E-state index is 9.84. The molecule has 3 nitrogen and oxygen atoms in total. The van der Waals surface area contributed by atoms with E-state index in [9.17, 15) is 5.11 Å². The van der Waals surface area contributed by atoms with Crippen molar-refractivity contribution in [2.75, 3.05) is 0 Å². The molecule has 0 saturated heterocycles. The lowest BCUT2D eigenvalue weighted by atomic mass is 10.2. The monoisotopic (exact) mass is 421 g/mol. The fourth-order valence-corrected chi connectivity index (χ4v) is 3.80. The van der Waals surface area contributed by atoms with Crippen molar-refractivity contribution in [3.63, 3.8) is 0 Å². The molecular formula is C23H20BrNO2. The molecular weight excluding hydrogens is 402 g/mol. The van der Waals surface area contributed by atoms with Gasteiger partial charge < -0.3 is 14.4 Å². The smallest absolute Gasteiger partial charge is 0.123 e. The highest BCUT2D eigenvalue weighted by molar-refractivity contribution is 9.10. The molecule has 3 aromatic carbocycles. The van der Waals surface area contributed by atoms with Gasteiger partial charge in [0.2, 0.25) is 0 Å². The predicted octanol–water partition coefficient (Wildman–Crippen LogP) is 5.52. The number of fused-ring (bicyclic) bond motifs is 1. The quantitative estimate of drug-likeness (QED) is 0.444. The Morgan fingerprint density at radius 1 is 0.852 bits per heavy atom. The molecule has 136 valence electrons. The Kier molecular flexibility index (Phi) is 5.28. The highest BCUT2D eigenvalue weighted by atomic mass is 79.9. The molecule has 1 heterocycles. The number of nitrogens with zero attached hydrogens (tertiary/aromatic N) is 1. The van der Waals surface area contributed by atoms with E-state index in [1.54, 1.807) is 0 Å². The van der Waals surface area contributed by atoms with Crippen molar-refractivity contribution in [2.45, 2.75) is 19.8 Å². The van der Waals surface area contributed by atoms with Gasteiger partial charge in [-0.15, -0.1) is 0 Å². The van der Waals surface area contributed by atoms with Gasteiger partial charge in [-0.3, -0.25) is 0 Å². The molecule has 1 aromatic heterocycles. The number of halogens is 1. The molecule has 27 heavy (non-hydrogen) atoms. The van der Waals surface area contributed by atoms with Crippen molar-refractivity contribution in [2.24, 2.45) is 0 Å². The molecule has 0 aliphatic rings. The zero-order valence-electron chi connectivity index (χ0n) is 14.8. The highest BCUT2D eigenvalue weighted by Gasteiger charge is 2.13. The third-order valence-corrected chi connectivity index (χ3v) is 5.28. The van der Waals surface area contributed by atoms with E-state index in [1.165, 1.54) is 5.56 Å². The highest BCUT2D eigenvalue weighted by Crippen LogP contribution is 2.33. The van der Waals surface area contributed by atoms with Crippen LogP contribution >= 0.6 is 15.9 Å². The van der Waals surface area contributed by atoms with Crippen LogP contribution in [0.3, 0.4) is 0 Å². The molecule has 4 aromatic rings. The number of hydrogen-bond donors (Lipinski definition) is 1. The molecule has 0 spiro atoms. The maximum Gasteiger partial charge on any atom is 0.123 e. The van der Waals surface area contributed by atoms with Crippen LogP contribution in [0.5, 0.6) is 5.75 Å². The molecule has 4 rings (SSSR count). The molecule has 0 aliphatic heterocycles. The molecule has 4 heteroatoms. The first-order chi connectivity index (χ1) is 13.2. The van der Waals surface area contributed by atoms with Crippen molar-refractivity contribution >= 4 is 26.8 Å². The molecule has 0 atom stereocenters. The zero-order valence-corrected chi connectivity index (χ0v) is 16.4. The number of aliphatic hydroxyl groups excluding tert-OH is 1. The van der Waals surface area contributed by atoms with Gasteiger partial charge in [-0.05, 0) is 39.2 Å². The van der Waals surface area contributed by atoms with Crippen LogP contribution in [0.25, 0.3) is 10.9 Å². The van der Waals surface area contributed by atoms with Gasteiger partial charge in [0.15, 0.2) is 0 Å². The van der Waals surface area contributed by atoms with Gasteiger partial charge >= 0.3 is 0 Å². The van der Waals surface area contributed by atoms with E-state index in [0.29, 0.717) is 13.2 Å². The van der Waals surface area contributed by atoms with Crippen LogP contribution < -0.4 is 4.74 Å². The Hall–Kier alpha value is -2.56. The van der Waals surface area contributed by atoms with E-state index < -0.39 is 0 Å². The van der Waals surface area contributed by atoms with Gasteiger partial charge in [0.25, 0.3) is 0 Å². The summed E-state index contributed by atoms with van der Waals surface area (Å²) >= 11 is 3.66. The minimum atomic E-state index is -0.00579. The Balaban J connectivity index is 1.70. The van der Waals surface area contributed by atoms with Crippen molar-refractivity contribution in [3.8, 4) is 5.75 Å². The van der Waals surface area contributed by atoms with Crippen molar-refractivity contribution < 1.29 is 9.84 Å². The fourth-order valence-electron chi connectivity index (χ4n) is 3.25. The number of ether oxygens (including phenoxy) is 1. The standard InChI is InChI=1S/C23H20BrNO2/c24-22-12-20(27-16-18-9-5-2-6-10-18)13-23-21(22)11-19(15-26)25(23)14-17-7-3-1-4-8-17/h1-13,26H,14-16H2. The number of aromatic nitrogens is 1. The van der Waals surface area contributed by atoms with E-state index in [-0.39, 0.29) is 6.61 Å². The summed E-state index contributed by atoms with van der Waals surface area (Å²) in [6.07, 6.45) is 0. The van der Waals surface area contributed by atoms with Gasteiger partial charge in [-0.25, -0.2) is 0 Å². The van der Waals surface area contributed by atoms with Crippen LogP contribution in [0, 0.1) is 0 Å². The minimum absolute atomic E-state index is 0.00579. The van der Waals surface area contributed by atoms with E-state index in [2.05, 4.69) is 44.8 Å². The lowest BCUT2D eigenvalue weighted by molar-refractivity contribution is 0.272. The van der Waals surface area contributed by atoms with Crippen LogP contribution in [-0.2, 0) is 19.8 Å². The zero-order chi connectivity index (χ0) is 18.6. The second-order valence-corrected chi connectivity index (χ2v) is 7.33. The molecule has 0 saturated carbocycles. The first-order valence-corrected chi connectivity index (χ1v) is 9.67. The average molecular weight is 422 g/mol. The summed E-state index contributed by atoms with van der Waals surface area (Å²) < 4.78 is 9.13. The summed E-state index contributed by atoms with van der Waals surface area (Å²) in [6, 6.07) is 26.4. The van der Waals surface area contributed by atoms with Crippen LogP contribution in [0.2, 0.25) is 0 Å². The van der Waals surface area contributed by atoms with Crippen molar-refractivity contribution in [1.29, 1.82) is 0 Å². The van der Waals surface area contributed by atoms with Crippen LogP contribution in [0.15, 0.2) is 83.3 Å². The van der Waals surface area contributed by atoms with E-state index in [1.807, 2.05) is 54.6 Å². The third-order valence-electron chi connectivity index (χ3n) is 4.62. The summed E-state index contributed by atoms with van der Waals surface area (Å²) in [5.41, 5.74) is 4.25. The first-order valence-electron chi connectivity index (χ1n) is 8.88. The van der Waals surface area contributed by atoms with E-state index in [0.717, 1.165) is 32.4 Å². The summed E-state index contributed by atoms with van der Waals surface area (Å²) in [7, 11) is 0. The normalized spacial score (nSPS) is 11.0. The fraction of sp³-hybridized carbons (Fsp3) is 0.130. The van der Waals surface area contributed by atoms with E-state index >= 15 is 0 Å². The number of hydrogen-bond acceptors (Lipinski definition) is 2. The van der Waals surface area contributed by atoms with Crippen LogP contribution in [-0.4, -0.2) is 9.67 Å². The molecule has 0 fully saturated rings. The lowest BCUT2D eigenvalue weighted by Gasteiger charge is -2.12. The molecule has 0 aliphatic carbocycles. The van der Waals surface area contributed by atoms with Crippen LogP contribution in [0.4, 0.5) is 0 Å². The Bertz CT molecular complexity index is 1040. The van der Waals surface area contributed by atoms with Crippen molar-refractivity contribution in [3.05, 3.63) is 100 Å². The topological polar surface area (TPSA) is 34.4 Å². The second-order valence-electron chi connectivity index (χ2n) is 6.48. The summed E-state index contributed by atoms with van der Waals surface area (Å²) in [6.45, 7) is 1.22. The molecule has 1 N–H and O–H groups in total. The minimum Gasteiger partial charge on any atom is -0.489 e. The molecule has 0 amide bonds. The average Bonchev–Trinajstić information content (AvgIpc) is 3.06. The second kappa shape index (κ2) is 7.99. The van der Waals surface area contributed by atoms with Crippen LogP contribution in [0.1, 0.15) is 16.8 Å². The molecule has 0 unspecified atom stereocenters. The van der Waals surface area contributed by atoms with Gasteiger partial charge in [-0.1, -0.05) is 60.7 Å². The Labute approximate surface area is 167 Å². The van der Waals surface area contributed by atoms with E-state index in [4.69, 9.17) is 4.74 Å². The summed E-state index contributed by atoms with van der Waals surface area (Å²) in [4.78, 5) is 0. The third kappa shape index (κ3) is 3.92. The first kappa shape index (κ1) is 17.8. The molecule has 0 radical (unpaired) electrons.